The van der Waals surface area contributed by atoms with E-state index in [0.717, 1.165) is 52.9 Å². The SMILES string of the molecule is Cc1cc(C)c2nc(C)cc(C(=O)NCCN3CCCCC3)c2c1. The molecular formula is C20H27N3O. The largest absolute Gasteiger partial charge is 0.351 e. The molecule has 1 aromatic heterocycles. The summed E-state index contributed by atoms with van der Waals surface area (Å²) in [6, 6.07) is 6.08. The summed E-state index contributed by atoms with van der Waals surface area (Å²) in [7, 11) is 0. The zero-order chi connectivity index (χ0) is 17.1. The average Bonchev–Trinajstić information content (AvgIpc) is 2.56. The van der Waals surface area contributed by atoms with Crippen LogP contribution in [0.15, 0.2) is 18.2 Å². The molecule has 1 N–H and O–H groups in total. The number of pyridine rings is 1. The molecule has 1 fully saturated rings. The van der Waals surface area contributed by atoms with Gasteiger partial charge in [0.05, 0.1) is 11.1 Å². The Hall–Kier alpha value is -1.94. The molecule has 2 heterocycles. The van der Waals surface area contributed by atoms with Crippen molar-refractivity contribution in [2.45, 2.75) is 40.0 Å². The number of piperidine rings is 1. The Balaban J connectivity index is 1.76. The number of fused-ring (bicyclic) bond motifs is 1. The van der Waals surface area contributed by atoms with Crippen LogP contribution >= 0.6 is 0 Å². The zero-order valence-electron chi connectivity index (χ0n) is 15.0. The first-order valence-corrected chi connectivity index (χ1v) is 8.94. The predicted octanol–water partition coefficient (Wildman–Crippen LogP) is 3.38. The quantitative estimate of drug-likeness (QED) is 0.937. The highest BCUT2D eigenvalue weighted by Gasteiger charge is 2.15. The second-order valence-corrected chi connectivity index (χ2v) is 6.95. The monoisotopic (exact) mass is 325 g/mol. The van der Waals surface area contributed by atoms with Crippen molar-refractivity contribution in [2.24, 2.45) is 0 Å². The van der Waals surface area contributed by atoms with Gasteiger partial charge >= 0.3 is 0 Å². The van der Waals surface area contributed by atoms with Crippen molar-refractivity contribution < 1.29 is 4.79 Å². The van der Waals surface area contributed by atoms with Crippen LogP contribution in [0, 0.1) is 20.8 Å². The molecule has 1 saturated heterocycles. The predicted molar refractivity (Wildman–Crippen MR) is 98.6 cm³/mol. The van der Waals surface area contributed by atoms with Crippen LogP contribution in [0.3, 0.4) is 0 Å². The molecule has 0 unspecified atom stereocenters. The minimum atomic E-state index is 0.00695. The van der Waals surface area contributed by atoms with Gasteiger partial charge in [0.2, 0.25) is 0 Å². The van der Waals surface area contributed by atoms with E-state index >= 15 is 0 Å². The van der Waals surface area contributed by atoms with Gasteiger partial charge in [-0.15, -0.1) is 0 Å². The van der Waals surface area contributed by atoms with Gasteiger partial charge in [-0.05, 0) is 64.4 Å². The smallest absolute Gasteiger partial charge is 0.252 e. The van der Waals surface area contributed by atoms with Crippen molar-refractivity contribution >= 4 is 16.8 Å². The lowest BCUT2D eigenvalue weighted by atomic mass is 10.0. The molecule has 0 radical (unpaired) electrons. The van der Waals surface area contributed by atoms with Crippen LogP contribution in [0.5, 0.6) is 0 Å². The van der Waals surface area contributed by atoms with Crippen LogP contribution in [0.2, 0.25) is 0 Å². The first-order chi connectivity index (χ1) is 11.5. The number of aryl methyl sites for hydroxylation is 3. The molecule has 4 heteroatoms. The molecule has 1 aliphatic heterocycles. The minimum Gasteiger partial charge on any atom is -0.351 e. The van der Waals surface area contributed by atoms with Crippen LogP contribution in [0.25, 0.3) is 10.9 Å². The molecule has 1 amide bonds. The van der Waals surface area contributed by atoms with E-state index in [4.69, 9.17) is 0 Å². The summed E-state index contributed by atoms with van der Waals surface area (Å²) in [6.45, 7) is 10.0. The lowest BCUT2D eigenvalue weighted by molar-refractivity contribution is 0.0948. The number of nitrogens with zero attached hydrogens (tertiary/aromatic N) is 2. The maximum atomic E-state index is 12.7. The van der Waals surface area contributed by atoms with Crippen LogP contribution in [-0.4, -0.2) is 42.0 Å². The van der Waals surface area contributed by atoms with Gasteiger partial charge in [0, 0.05) is 24.2 Å². The molecule has 2 aromatic rings. The summed E-state index contributed by atoms with van der Waals surface area (Å²) in [5, 5.41) is 4.05. The fraction of sp³-hybridized carbons (Fsp3) is 0.500. The third-order valence-electron chi connectivity index (χ3n) is 4.78. The molecule has 128 valence electrons. The van der Waals surface area contributed by atoms with Gasteiger partial charge in [0.25, 0.3) is 5.91 Å². The van der Waals surface area contributed by atoms with Crippen molar-refractivity contribution in [2.75, 3.05) is 26.2 Å². The molecule has 0 saturated carbocycles. The topological polar surface area (TPSA) is 45.2 Å². The van der Waals surface area contributed by atoms with Gasteiger partial charge in [-0.25, -0.2) is 0 Å². The Morgan fingerprint density at radius 3 is 2.62 bits per heavy atom. The zero-order valence-corrected chi connectivity index (χ0v) is 15.0. The van der Waals surface area contributed by atoms with Gasteiger partial charge in [0.15, 0.2) is 0 Å². The number of rotatable bonds is 4. The first-order valence-electron chi connectivity index (χ1n) is 8.94. The van der Waals surface area contributed by atoms with Gasteiger partial charge in [-0.3, -0.25) is 9.78 Å². The minimum absolute atomic E-state index is 0.00695. The number of amides is 1. The molecule has 24 heavy (non-hydrogen) atoms. The summed E-state index contributed by atoms with van der Waals surface area (Å²) >= 11 is 0. The van der Waals surface area contributed by atoms with E-state index in [-0.39, 0.29) is 5.91 Å². The summed E-state index contributed by atoms with van der Waals surface area (Å²) in [5.41, 5.74) is 4.84. The Morgan fingerprint density at radius 1 is 1.12 bits per heavy atom. The Labute approximate surface area is 144 Å². The number of nitrogens with one attached hydrogen (secondary N) is 1. The average molecular weight is 325 g/mol. The summed E-state index contributed by atoms with van der Waals surface area (Å²) in [5.74, 6) is 0.00695. The standard InChI is InChI=1S/C20H27N3O/c1-14-11-15(2)19-17(12-14)18(13-16(3)22-19)20(24)21-7-10-23-8-5-4-6-9-23/h11-13H,4-10H2,1-3H3,(H,21,24). The van der Waals surface area contributed by atoms with E-state index in [0.29, 0.717) is 6.54 Å². The summed E-state index contributed by atoms with van der Waals surface area (Å²) in [6.07, 6.45) is 3.89. The third-order valence-corrected chi connectivity index (χ3v) is 4.78. The van der Waals surface area contributed by atoms with Crippen molar-refractivity contribution in [1.82, 2.24) is 15.2 Å². The van der Waals surface area contributed by atoms with Crippen LogP contribution < -0.4 is 5.32 Å². The molecule has 0 spiro atoms. The van der Waals surface area contributed by atoms with E-state index in [1.54, 1.807) is 0 Å². The van der Waals surface area contributed by atoms with Gasteiger partial charge in [-0.1, -0.05) is 18.1 Å². The van der Waals surface area contributed by atoms with E-state index in [1.165, 1.54) is 19.3 Å². The van der Waals surface area contributed by atoms with Gasteiger partial charge < -0.3 is 10.2 Å². The third kappa shape index (κ3) is 3.75. The normalized spacial score (nSPS) is 15.6. The molecule has 0 atom stereocenters. The number of benzene rings is 1. The molecule has 0 aliphatic carbocycles. The highest BCUT2D eigenvalue weighted by atomic mass is 16.1. The fourth-order valence-corrected chi connectivity index (χ4v) is 3.60. The number of hydrogen-bond acceptors (Lipinski definition) is 3. The molecule has 1 aromatic carbocycles. The Kier molecular flexibility index (Phi) is 5.14. The van der Waals surface area contributed by atoms with Gasteiger partial charge in [-0.2, -0.15) is 0 Å². The van der Waals surface area contributed by atoms with Gasteiger partial charge in [0.1, 0.15) is 0 Å². The molecule has 1 aliphatic rings. The lowest BCUT2D eigenvalue weighted by Gasteiger charge is -2.26. The fourth-order valence-electron chi connectivity index (χ4n) is 3.60. The van der Waals surface area contributed by atoms with Crippen molar-refractivity contribution in [3.05, 3.63) is 40.6 Å². The van der Waals surface area contributed by atoms with Crippen molar-refractivity contribution in [3.63, 3.8) is 0 Å². The van der Waals surface area contributed by atoms with E-state index in [2.05, 4.69) is 41.2 Å². The molecule has 4 nitrogen and oxygen atoms in total. The van der Waals surface area contributed by atoms with Crippen molar-refractivity contribution in [1.29, 1.82) is 0 Å². The molecular weight excluding hydrogens is 298 g/mol. The highest BCUT2D eigenvalue weighted by molar-refractivity contribution is 6.07. The first kappa shape index (κ1) is 16.9. The number of aromatic nitrogens is 1. The maximum absolute atomic E-state index is 12.7. The van der Waals surface area contributed by atoms with E-state index in [1.807, 2.05) is 13.0 Å². The number of likely N-dealkylation sites (tertiary alicyclic amines) is 1. The van der Waals surface area contributed by atoms with E-state index in [9.17, 15) is 4.79 Å². The second kappa shape index (κ2) is 7.31. The number of hydrogen-bond donors (Lipinski definition) is 1. The highest BCUT2D eigenvalue weighted by Crippen LogP contribution is 2.23. The van der Waals surface area contributed by atoms with E-state index < -0.39 is 0 Å². The Bertz CT molecular complexity index is 748. The Morgan fingerprint density at radius 2 is 1.88 bits per heavy atom. The lowest BCUT2D eigenvalue weighted by Crippen LogP contribution is -2.37. The molecule has 0 bridgehead atoms. The second-order valence-electron chi connectivity index (χ2n) is 6.95. The molecule has 3 rings (SSSR count). The van der Waals surface area contributed by atoms with Crippen LogP contribution in [0.4, 0.5) is 0 Å². The number of carbonyl (C=O) groups excluding carboxylic acids is 1. The van der Waals surface area contributed by atoms with Crippen molar-refractivity contribution in [3.8, 4) is 0 Å². The van der Waals surface area contributed by atoms with Crippen LogP contribution in [-0.2, 0) is 0 Å². The van der Waals surface area contributed by atoms with Crippen LogP contribution in [0.1, 0.15) is 46.4 Å². The maximum Gasteiger partial charge on any atom is 0.252 e. The summed E-state index contributed by atoms with van der Waals surface area (Å²) < 4.78 is 0. The number of carbonyl (C=O) groups is 1. The summed E-state index contributed by atoms with van der Waals surface area (Å²) in [4.78, 5) is 19.8.